The molecule has 160 valence electrons. The van der Waals surface area contributed by atoms with E-state index < -0.39 is 0 Å². The van der Waals surface area contributed by atoms with E-state index in [4.69, 9.17) is 0 Å². The van der Waals surface area contributed by atoms with Gasteiger partial charge in [0.1, 0.15) is 0 Å². The number of imidazole rings is 1. The maximum Gasteiger partial charge on any atom is 0.257 e. The van der Waals surface area contributed by atoms with E-state index in [1.54, 1.807) is 29.3 Å². The molecule has 1 amide bonds. The standard InChI is InChI=1S/C23H19N5OS3/c1-14-19(20-24-11-12-28(20)2)32-22(25-14)27-21(29)16-9-7-15(8-10-16)13-30-23-26-17-5-3-4-6-18(17)31-23/h3-12H,13H2,1-2H3,(H,25,27,29). The zero-order chi connectivity index (χ0) is 22.1. The van der Waals surface area contributed by atoms with Gasteiger partial charge in [0.25, 0.3) is 5.91 Å². The molecule has 0 spiro atoms. The normalized spacial score (nSPS) is 11.2. The lowest BCUT2D eigenvalue weighted by molar-refractivity contribution is 0.102. The molecule has 6 nitrogen and oxygen atoms in total. The minimum Gasteiger partial charge on any atom is -0.333 e. The van der Waals surface area contributed by atoms with Crippen molar-refractivity contribution in [2.45, 2.75) is 17.0 Å². The summed E-state index contributed by atoms with van der Waals surface area (Å²) in [6.07, 6.45) is 3.65. The highest BCUT2D eigenvalue weighted by Crippen LogP contribution is 2.32. The van der Waals surface area contributed by atoms with Gasteiger partial charge in [-0.25, -0.2) is 15.0 Å². The van der Waals surface area contributed by atoms with Crippen molar-refractivity contribution >= 4 is 55.7 Å². The number of thioether (sulfide) groups is 1. The van der Waals surface area contributed by atoms with Crippen LogP contribution in [0.25, 0.3) is 20.9 Å². The molecule has 2 aromatic carbocycles. The first kappa shape index (κ1) is 20.9. The number of carbonyl (C=O) groups excluding carboxylic acids is 1. The van der Waals surface area contributed by atoms with E-state index in [9.17, 15) is 4.79 Å². The average molecular weight is 478 g/mol. The first-order valence-electron chi connectivity index (χ1n) is 9.90. The van der Waals surface area contributed by atoms with Crippen LogP contribution >= 0.6 is 34.4 Å². The van der Waals surface area contributed by atoms with Gasteiger partial charge in [-0.05, 0) is 36.8 Å². The second-order valence-corrected chi connectivity index (χ2v) is 10.4. The van der Waals surface area contributed by atoms with Crippen molar-refractivity contribution in [3.05, 3.63) is 77.7 Å². The molecule has 1 N–H and O–H groups in total. The van der Waals surface area contributed by atoms with Crippen molar-refractivity contribution in [2.75, 3.05) is 5.32 Å². The lowest BCUT2D eigenvalue weighted by Gasteiger charge is -2.04. The summed E-state index contributed by atoms with van der Waals surface area (Å²) >= 11 is 4.84. The molecule has 0 saturated carbocycles. The highest BCUT2D eigenvalue weighted by molar-refractivity contribution is 8.00. The van der Waals surface area contributed by atoms with Crippen molar-refractivity contribution < 1.29 is 4.79 Å². The zero-order valence-corrected chi connectivity index (χ0v) is 19.9. The number of aryl methyl sites for hydroxylation is 2. The molecule has 32 heavy (non-hydrogen) atoms. The molecule has 3 aromatic heterocycles. The van der Waals surface area contributed by atoms with Gasteiger partial charge in [-0.2, -0.15) is 0 Å². The van der Waals surface area contributed by atoms with Crippen molar-refractivity contribution in [3.8, 4) is 10.7 Å². The number of aromatic nitrogens is 4. The predicted octanol–water partition coefficient (Wildman–Crippen LogP) is 6.01. The number of rotatable bonds is 6. The van der Waals surface area contributed by atoms with Gasteiger partial charge in [0.05, 0.1) is 20.8 Å². The van der Waals surface area contributed by atoms with Crippen LogP contribution in [0.1, 0.15) is 21.6 Å². The number of nitrogens with zero attached hydrogens (tertiary/aromatic N) is 4. The summed E-state index contributed by atoms with van der Waals surface area (Å²) in [7, 11) is 1.94. The third-order valence-corrected chi connectivity index (χ3v) is 8.21. The lowest BCUT2D eigenvalue weighted by atomic mass is 10.1. The molecule has 0 aliphatic carbocycles. The summed E-state index contributed by atoms with van der Waals surface area (Å²) in [5.74, 6) is 1.48. The minimum atomic E-state index is -0.171. The molecule has 0 aliphatic heterocycles. The minimum absolute atomic E-state index is 0.171. The molecule has 9 heteroatoms. The number of benzene rings is 2. The molecular formula is C23H19N5OS3. The maximum absolute atomic E-state index is 12.7. The molecule has 0 aliphatic rings. The number of fused-ring (bicyclic) bond motifs is 1. The Labute approximate surface area is 197 Å². The van der Waals surface area contributed by atoms with E-state index in [1.165, 1.54) is 16.0 Å². The number of amides is 1. The summed E-state index contributed by atoms with van der Waals surface area (Å²) in [5, 5.41) is 3.48. The largest absolute Gasteiger partial charge is 0.333 e. The van der Waals surface area contributed by atoms with E-state index in [-0.39, 0.29) is 5.91 Å². The molecule has 0 fully saturated rings. The lowest BCUT2D eigenvalue weighted by Crippen LogP contribution is -2.11. The predicted molar refractivity (Wildman–Crippen MR) is 133 cm³/mol. The van der Waals surface area contributed by atoms with Crippen LogP contribution in [0.5, 0.6) is 0 Å². The number of para-hydroxylation sites is 1. The second kappa shape index (κ2) is 8.85. The van der Waals surface area contributed by atoms with Gasteiger partial charge in [-0.3, -0.25) is 10.1 Å². The van der Waals surface area contributed by atoms with Gasteiger partial charge in [-0.15, -0.1) is 11.3 Å². The summed E-state index contributed by atoms with van der Waals surface area (Å²) in [5.41, 5.74) is 3.63. The molecule has 0 bridgehead atoms. The van der Waals surface area contributed by atoms with E-state index in [1.807, 2.05) is 67.2 Å². The fraction of sp³-hybridized carbons (Fsp3) is 0.130. The Morgan fingerprint density at radius 1 is 1.09 bits per heavy atom. The van der Waals surface area contributed by atoms with Crippen LogP contribution in [0.3, 0.4) is 0 Å². The van der Waals surface area contributed by atoms with Crippen LogP contribution in [0, 0.1) is 6.92 Å². The van der Waals surface area contributed by atoms with Gasteiger partial charge >= 0.3 is 0 Å². The fourth-order valence-electron chi connectivity index (χ4n) is 3.22. The molecule has 5 aromatic rings. The van der Waals surface area contributed by atoms with E-state index >= 15 is 0 Å². The first-order chi connectivity index (χ1) is 15.6. The number of anilines is 1. The van der Waals surface area contributed by atoms with Crippen LogP contribution in [-0.2, 0) is 12.8 Å². The van der Waals surface area contributed by atoms with Gasteiger partial charge in [0.15, 0.2) is 15.3 Å². The smallest absolute Gasteiger partial charge is 0.257 e. The number of hydrogen-bond donors (Lipinski definition) is 1. The van der Waals surface area contributed by atoms with Crippen molar-refractivity contribution in [2.24, 2.45) is 7.05 Å². The molecular weight excluding hydrogens is 458 g/mol. The summed E-state index contributed by atoms with van der Waals surface area (Å²) < 4.78 is 4.19. The van der Waals surface area contributed by atoms with Gasteiger partial charge < -0.3 is 4.57 Å². The Bertz CT molecular complexity index is 1370. The summed E-state index contributed by atoms with van der Waals surface area (Å²) in [4.78, 5) is 27.2. The monoisotopic (exact) mass is 477 g/mol. The van der Waals surface area contributed by atoms with Gasteiger partial charge in [0, 0.05) is 30.8 Å². The summed E-state index contributed by atoms with van der Waals surface area (Å²) in [6, 6.07) is 15.8. The van der Waals surface area contributed by atoms with Crippen molar-refractivity contribution in [3.63, 3.8) is 0 Å². The summed E-state index contributed by atoms with van der Waals surface area (Å²) in [6.45, 7) is 1.92. The first-order valence-corrected chi connectivity index (χ1v) is 12.5. The van der Waals surface area contributed by atoms with E-state index in [0.717, 1.165) is 37.6 Å². The number of hydrogen-bond acceptors (Lipinski definition) is 7. The van der Waals surface area contributed by atoms with Crippen LogP contribution in [0.4, 0.5) is 5.13 Å². The molecule has 0 radical (unpaired) electrons. The van der Waals surface area contributed by atoms with Crippen molar-refractivity contribution in [1.29, 1.82) is 0 Å². The Kier molecular flexibility index (Phi) is 5.77. The molecule has 3 heterocycles. The number of nitrogens with one attached hydrogen (secondary N) is 1. The van der Waals surface area contributed by atoms with Crippen molar-refractivity contribution in [1.82, 2.24) is 19.5 Å². The average Bonchev–Trinajstić information content (AvgIpc) is 3.50. The fourth-order valence-corrected chi connectivity index (χ4v) is 6.25. The SMILES string of the molecule is Cc1nc(NC(=O)c2ccc(CSc3nc4ccccc4s3)cc2)sc1-c1nccn1C. The maximum atomic E-state index is 12.7. The number of thiazole rings is 2. The highest BCUT2D eigenvalue weighted by atomic mass is 32.2. The Balaban J connectivity index is 1.23. The zero-order valence-electron chi connectivity index (χ0n) is 17.4. The third kappa shape index (κ3) is 4.32. The van der Waals surface area contributed by atoms with E-state index in [2.05, 4.69) is 26.3 Å². The van der Waals surface area contributed by atoms with Gasteiger partial charge in [0.2, 0.25) is 0 Å². The number of carbonyl (C=O) groups is 1. The quantitative estimate of drug-likeness (QED) is 0.303. The Morgan fingerprint density at radius 3 is 2.66 bits per heavy atom. The molecule has 0 saturated heterocycles. The van der Waals surface area contributed by atoms with Crippen LogP contribution in [-0.4, -0.2) is 25.4 Å². The van der Waals surface area contributed by atoms with Crippen LogP contribution < -0.4 is 5.32 Å². The topological polar surface area (TPSA) is 72.7 Å². The van der Waals surface area contributed by atoms with Crippen LogP contribution in [0.2, 0.25) is 0 Å². The second-order valence-electron chi connectivity index (χ2n) is 7.18. The highest BCUT2D eigenvalue weighted by Gasteiger charge is 2.16. The third-order valence-electron chi connectivity index (χ3n) is 4.89. The van der Waals surface area contributed by atoms with Crippen LogP contribution in [0.15, 0.2) is 65.3 Å². The van der Waals surface area contributed by atoms with Gasteiger partial charge in [-0.1, -0.05) is 47.4 Å². The van der Waals surface area contributed by atoms with E-state index in [0.29, 0.717) is 10.7 Å². The Morgan fingerprint density at radius 2 is 1.91 bits per heavy atom. The molecule has 0 unspecified atom stereocenters. The molecule has 5 rings (SSSR count). The molecule has 0 atom stereocenters. The Hall–Kier alpha value is -3.01.